The highest BCUT2D eigenvalue weighted by Crippen LogP contribution is 2.39. The predicted octanol–water partition coefficient (Wildman–Crippen LogP) is 2.67. The van der Waals surface area contributed by atoms with Gasteiger partial charge in [0.1, 0.15) is 0 Å². The number of carboxylic acids is 1. The quantitative estimate of drug-likeness (QED) is 0.836. The number of likely N-dealkylation sites (tertiary alicyclic amines) is 1. The van der Waals surface area contributed by atoms with Crippen LogP contribution in [0.1, 0.15) is 58.8 Å². The predicted molar refractivity (Wildman–Crippen MR) is 72.7 cm³/mol. The molecular weight excluding hydrogens is 242 g/mol. The number of nitrogens with zero attached hydrogens (tertiary/aromatic N) is 1. The van der Waals surface area contributed by atoms with Gasteiger partial charge in [-0.2, -0.15) is 0 Å². The molecule has 19 heavy (non-hydrogen) atoms. The number of carbonyl (C=O) groups is 2. The molecule has 2 fully saturated rings. The van der Waals surface area contributed by atoms with Crippen LogP contribution in [0.2, 0.25) is 0 Å². The van der Waals surface area contributed by atoms with Gasteiger partial charge in [-0.25, -0.2) is 0 Å². The maximum atomic E-state index is 12.7. The van der Waals surface area contributed by atoms with Crippen LogP contribution in [-0.2, 0) is 9.59 Å². The molecule has 4 nitrogen and oxygen atoms in total. The van der Waals surface area contributed by atoms with Crippen molar-refractivity contribution in [3.05, 3.63) is 0 Å². The molecule has 1 amide bonds. The smallest absolute Gasteiger partial charge is 0.311 e. The summed E-state index contributed by atoms with van der Waals surface area (Å²) in [6.45, 7) is 4.91. The lowest BCUT2D eigenvalue weighted by molar-refractivity contribution is -0.157. The highest BCUT2D eigenvalue weighted by Gasteiger charge is 2.44. The molecule has 2 aliphatic rings. The largest absolute Gasteiger partial charge is 0.481 e. The Hall–Kier alpha value is -1.06. The van der Waals surface area contributed by atoms with Crippen molar-refractivity contribution in [2.45, 2.75) is 58.8 Å². The van der Waals surface area contributed by atoms with E-state index < -0.39 is 11.4 Å². The normalized spacial score (nSPS) is 30.9. The zero-order valence-electron chi connectivity index (χ0n) is 12.1. The van der Waals surface area contributed by atoms with E-state index in [-0.39, 0.29) is 11.3 Å². The highest BCUT2D eigenvalue weighted by atomic mass is 16.4. The molecule has 0 aromatic heterocycles. The fourth-order valence-corrected chi connectivity index (χ4v) is 3.52. The van der Waals surface area contributed by atoms with Gasteiger partial charge >= 0.3 is 5.97 Å². The van der Waals surface area contributed by atoms with Crippen molar-refractivity contribution in [1.29, 1.82) is 0 Å². The van der Waals surface area contributed by atoms with Gasteiger partial charge in [-0.3, -0.25) is 9.59 Å². The summed E-state index contributed by atoms with van der Waals surface area (Å²) in [5.41, 5.74) is -1.02. The first-order valence-corrected chi connectivity index (χ1v) is 7.40. The molecule has 0 radical (unpaired) electrons. The Kier molecular flexibility index (Phi) is 3.88. The summed E-state index contributed by atoms with van der Waals surface area (Å²) < 4.78 is 0. The highest BCUT2D eigenvalue weighted by molar-refractivity contribution is 5.84. The number of hydrogen-bond donors (Lipinski definition) is 1. The Morgan fingerprint density at radius 3 is 2.11 bits per heavy atom. The van der Waals surface area contributed by atoms with Gasteiger partial charge in [-0.15, -0.1) is 0 Å². The first-order valence-electron chi connectivity index (χ1n) is 7.40. The first-order chi connectivity index (χ1) is 8.87. The topological polar surface area (TPSA) is 57.6 Å². The molecule has 1 heterocycles. The van der Waals surface area contributed by atoms with E-state index in [9.17, 15) is 14.7 Å². The maximum absolute atomic E-state index is 12.7. The fourth-order valence-electron chi connectivity index (χ4n) is 3.52. The fraction of sp³-hybridized carbons (Fsp3) is 0.867. The summed E-state index contributed by atoms with van der Waals surface area (Å²) in [7, 11) is 0. The molecular formula is C15H25NO3. The molecule has 4 heteroatoms. The minimum Gasteiger partial charge on any atom is -0.481 e. The second kappa shape index (κ2) is 5.14. The van der Waals surface area contributed by atoms with Gasteiger partial charge in [0.05, 0.1) is 5.41 Å². The van der Waals surface area contributed by atoms with Gasteiger partial charge in [0.15, 0.2) is 0 Å². The summed E-state index contributed by atoms with van der Waals surface area (Å²) >= 11 is 0. The number of hydrogen-bond acceptors (Lipinski definition) is 2. The molecule has 2 rings (SSSR count). The van der Waals surface area contributed by atoms with E-state index >= 15 is 0 Å². The lowest BCUT2D eigenvalue weighted by atomic mass is 9.73. The molecule has 0 aromatic rings. The number of piperidine rings is 1. The summed E-state index contributed by atoms with van der Waals surface area (Å²) in [5.74, 6) is -0.599. The second-order valence-corrected chi connectivity index (χ2v) is 6.82. The van der Waals surface area contributed by atoms with E-state index in [1.54, 1.807) is 6.92 Å². The Morgan fingerprint density at radius 1 is 0.947 bits per heavy atom. The molecule has 1 aliphatic heterocycles. The van der Waals surface area contributed by atoms with Crippen molar-refractivity contribution < 1.29 is 14.7 Å². The molecule has 0 bridgehead atoms. The van der Waals surface area contributed by atoms with E-state index in [0.29, 0.717) is 13.0 Å². The third-order valence-corrected chi connectivity index (χ3v) is 4.97. The number of carbonyl (C=O) groups excluding carboxylic acids is 1. The summed E-state index contributed by atoms with van der Waals surface area (Å²) in [4.78, 5) is 25.9. The van der Waals surface area contributed by atoms with Crippen LogP contribution in [0, 0.1) is 10.8 Å². The Bertz CT molecular complexity index is 374. The van der Waals surface area contributed by atoms with Crippen LogP contribution < -0.4 is 0 Å². The van der Waals surface area contributed by atoms with Gasteiger partial charge in [0, 0.05) is 18.5 Å². The lowest BCUT2D eigenvalue weighted by Crippen LogP contribution is -2.52. The molecule has 0 spiro atoms. The van der Waals surface area contributed by atoms with Crippen molar-refractivity contribution in [3.8, 4) is 0 Å². The van der Waals surface area contributed by atoms with Crippen molar-refractivity contribution in [2.24, 2.45) is 10.8 Å². The maximum Gasteiger partial charge on any atom is 0.311 e. The van der Waals surface area contributed by atoms with Gasteiger partial charge in [-0.1, -0.05) is 26.2 Å². The average Bonchev–Trinajstić information content (AvgIpc) is 2.38. The number of amides is 1. The minimum atomic E-state index is -0.779. The van der Waals surface area contributed by atoms with E-state index in [4.69, 9.17) is 0 Å². The molecule has 1 unspecified atom stereocenters. The molecule has 108 valence electrons. The number of aliphatic carboxylic acids is 1. The minimum absolute atomic E-state index is 0.180. The molecule has 1 saturated carbocycles. The number of rotatable bonds is 2. The summed E-state index contributed by atoms with van der Waals surface area (Å²) in [6, 6.07) is 0. The van der Waals surface area contributed by atoms with Crippen molar-refractivity contribution >= 4 is 11.9 Å². The molecule has 1 saturated heterocycles. The molecule has 0 aromatic carbocycles. The molecule has 1 aliphatic carbocycles. The SMILES string of the molecule is CC1(C(=O)O)CCCN(C(=O)C2(C)CCCCC2)C1. The van der Waals surface area contributed by atoms with E-state index in [1.807, 2.05) is 4.90 Å². The summed E-state index contributed by atoms with van der Waals surface area (Å²) in [6.07, 6.45) is 6.82. The van der Waals surface area contributed by atoms with Crippen LogP contribution in [0.15, 0.2) is 0 Å². The monoisotopic (exact) mass is 267 g/mol. The lowest BCUT2D eigenvalue weighted by Gasteiger charge is -2.43. The zero-order valence-corrected chi connectivity index (χ0v) is 12.1. The van der Waals surface area contributed by atoms with Gasteiger partial charge in [0.2, 0.25) is 5.91 Å². The third kappa shape index (κ3) is 2.77. The Morgan fingerprint density at radius 2 is 1.53 bits per heavy atom. The van der Waals surface area contributed by atoms with Crippen LogP contribution in [0.5, 0.6) is 0 Å². The molecule has 1 atom stereocenters. The van der Waals surface area contributed by atoms with Crippen LogP contribution in [0.3, 0.4) is 0 Å². The van der Waals surface area contributed by atoms with Crippen LogP contribution in [0.25, 0.3) is 0 Å². The molecule has 1 N–H and O–H groups in total. The van der Waals surface area contributed by atoms with Crippen molar-refractivity contribution in [3.63, 3.8) is 0 Å². The van der Waals surface area contributed by atoms with Crippen molar-refractivity contribution in [2.75, 3.05) is 13.1 Å². The van der Waals surface area contributed by atoms with Crippen molar-refractivity contribution in [1.82, 2.24) is 4.90 Å². The Balaban J connectivity index is 2.08. The Labute approximate surface area is 115 Å². The average molecular weight is 267 g/mol. The van der Waals surface area contributed by atoms with Crippen LogP contribution in [0.4, 0.5) is 0 Å². The first kappa shape index (κ1) is 14.4. The summed E-state index contributed by atoms with van der Waals surface area (Å²) in [5, 5.41) is 9.33. The van der Waals surface area contributed by atoms with Gasteiger partial charge < -0.3 is 10.0 Å². The van der Waals surface area contributed by atoms with Gasteiger partial charge in [-0.05, 0) is 32.6 Å². The van der Waals surface area contributed by atoms with Crippen LogP contribution >= 0.6 is 0 Å². The van der Waals surface area contributed by atoms with Crippen LogP contribution in [-0.4, -0.2) is 35.0 Å². The standard InChI is InChI=1S/C15H25NO3/c1-14(7-4-3-5-8-14)12(17)16-10-6-9-15(2,11-16)13(18)19/h3-11H2,1-2H3,(H,18,19). The van der Waals surface area contributed by atoms with E-state index in [2.05, 4.69) is 6.92 Å². The third-order valence-electron chi connectivity index (χ3n) is 4.97. The van der Waals surface area contributed by atoms with Gasteiger partial charge in [0.25, 0.3) is 0 Å². The zero-order chi connectivity index (χ0) is 14.1. The van der Waals surface area contributed by atoms with E-state index in [0.717, 1.165) is 38.6 Å². The second-order valence-electron chi connectivity index (χ2n) is 6.82. The number of carboxylic acid groups (broad SMARTS) is 1. The van der Waals surface area contributed by atoms with E-state index in [1.165, 1.54) is 6.42 Å².